The Morgan fingerprint density at radius 2 is 2.14 bits per heavy atom. The fourth-order valence-electron chi connectivity index (χ4n) is 1.80. The Morgan fingerprint density at radius 1 is 1.38 bits per heavy atom. The summed E-state index contributed by atoms with van der Waals surface area (Å²) < 4.78 is 5.38. The van der Waals surface area contributed by atoms with E-state index < -0.39 is 0 Å². The van der Waals surface area contributed by atoms with E-state index in [1.54, 1.807) is 11.8 Å². The minimum Gasteiger partial charge on any atom is -0.494 e. The molecule has 0 unspecified atom stereocenters. The van der Waals surface area contributed by atoms with Crippen molar-refractivity contribution in [2.75, 3.05) is 18.2 Å². The molecule has 1 amide bonds. The molecule has 1 aromatic heterocycles. The Kier molecular flexibility index (Phi) is 6.07. The number of carbonyl (C=O) groups is 1. The molecule has 1 N–H and O–H groups in total. The lowest BCUT2D eigenvalue weighted by molar-refractivity contribution is -0.115. The summed E-state index contributed by atoms with van der Waals surface area (Å²) in [5, 5.41) is 5.47. The van der Waals surface area contributed by atoms with E-state index in [1.165, 1.54) is 11.3 Å². The molecule has 2 rings (SSSR count). The Bertz CT molecular complexity index is 582. The topological polar surface area (TPSA) is 51.2 Å². The number of rotatable bonds is 7. The Labute approximate surface area is 132 Å². The highest BCUT2D eigenvalue weighted by Gasteiger charge is 2.07. The lowest BCUT2D eigenvalue weighted by atomic mass is 10.1. The molecule has 2 aromatic rings. The monoisotopic (exact) mass is 322 g/mol. The maximum Gasteiger partial charge on any atom is 0.230 e. The number of thiazole rings is 1. The zero-order chi connectivity index (χ0) is 15.1. The van der Waals surface area contributed by atoms with Crippen LogP contribution in [0.5, 0.6) is 5.75 Å². The molecular formula is C15H18N2O2S2. The normalized spacial score (nSPS) is 10.4. The van der Waals surface area contributed by atoms with Crippen LogP contribution in [0.25, 0.3) is 0 Å². The van der Waals surface area contributed by atoms with Crippen LogP contribution in [0.1, 0.15) is 18.2 Å². The molecule has 0 spiro atoms. The zero-order valence-corrected chi connectivity index (χ0v) is 13.7. The predicted molar refractivity (Wildman–Crippen MR) is 89.3 cm³/mol. The summed E-state index contributed by atoms with van der Waals surface area (Å²) in [5.41, 5.74) is 1.96. The van der Waals surface area contributed by atoms with E-state index in [0.29, 0.717) is 18.2 Å². The number of ether oxygens (including phenoxy) is 1. The van der Waals surface area contributed by atoms with Gasteiger partial charge >= 0.3 is 0 Å². The van der Waals surface area contributed by atoms with Gasteiger partial charge in [0.25, 0.3) is 0 Å². The van der Waals surface area contributed by atoms with Gasteiger partial charge in [0.2, 0.25) is 5.91 Å². The molecule has 0 aliphatic carbocycles. The van der Waals surface area contributed by atoms with Crippen LogP contribution in [0.3, 0.4) is 0 Å². The fourth-order valence-corrected chi connectivity index (χ4v) is 3.07. The van der Waals surface area contributed by atoms with Gasteiger partial charge in [-0.15, -0.1) is 11.3 Å². The molecule has 0 atom stereocenters. The molecule has 1 heterocycles. The number of amides is 1. The number of thioether (sulfide) groups is 1. The second kappa shape index (κ2) is 8.05. The summed E-state index contributed by atoms with van der Waals surface area (Å²) in [6.07, 6.45) is 2.37. The summed E-state index contributed by atoms with van der Waals surface area (Å²) in [7, 11) is 0. The highest BCUT2D eigenvalue weighted by molar-refractivity contribution is 7.97. The van der Waals surface area contributed by atoms with Crippen LogP contribution in [0.2, 0.25) is 0 Å². The third-order valence-electron chi connectivity index (χ3n) is 2.69. The van der Waals surface area contributed by atoms with E-state index in [1.807, 2.05) is 42.8 Å². The van der Waals surface area contributed by atoms with E-state index >= 15 is 0 Å². The van der Waals surface area contributed by atoms with Gasteiger partial charge < -0.3 is 10.1 Å². The van der Waals surface area contributed by atoms with Crippen LogP contribution >= 0.6 is 23.1 Å². The number of nitrogens with zero attached hydrogens (tertiary/aromatic N) is 1. The first-order valence-corrected chi connectivity index (χ1v) is 8.93. The van der Waals surface area contributed by atoms with Crippen molar-refractivity contribution in [2.24, 2.45) is 0 Å². The lowest BCUT2D eigenvalue weighted by Crippen LogP contribution is -2.14. The molecule has 112 valence electrons. The maximum atomic E-state index is 12.0. The second-order valence-electron chi connectivity index (χ2n) is 4.38. The zero-order valence-electron chi connectivity index (χ0n) is 12.1. The number of carbonyl (C=O) groups excluding carboxylic acids is 1. The number of hydrogen-bond acceptors (Lipinski definition) is 5. The minimum atomic E-state index is -0.0517. The van der Waals surface area contributed by atoms with Crippen molar-refractivity contribution in [3.8, 4) is 5.75 Å². The van der Waals surface area contributed by atoms with Crippen molar-refractivity contribution in [3.63, 3.8) is 0 Å². The predicted octanol–water partition coefficient (Wildman–Crippen LogP) is 3.59. The summed E-state index contributed by atoms with van der Waals surface area (Å²) >= 11 is 3.18. The molecule has 0 aliphatic rings. The first kappa shape index (κ1) is 15.9. The van der Waals surface area contributed by atoms with Crippen molar-refractivity contribution < 1.29 is 9.53 Å². The number of hydrogen-bond donors (Lipinski definition) is 1. The van der Waals surface area contributed by atoms with Gasteiger partial charge in [-0.2, -0.15) is 11.8 Å². The minimum absolute atomic E-state index is 0.0517. The van der Waals surface area contributed by atoms with Crippen LogP contribution < -0.4 is 10.1 Å². The van der Waals surface area contributed by atoms with E-state index in [2.05, 4.69) is 10.3 Å². The van der Waals surface area contributed by atoms with E-state index in [-0.39, 0.29) is 5.91 Å². The molecule has 1 aromatic carbocycles. The SMILES string of the molecule is CCOc1ccc(CC(=O)Nc2nc(CSC)cs2)cc1. The molecule has 0 radical (unpaired) electrons. The Hall–Kier alpha value is -1.53. The van der Waals surface area contributed by atoms with E-state index in [9.17, 15) is 4.79 Å². The van der Waals surface area contributed by atoms with E-state index in [0.717, 1.165) is 22.8 Å². The first-order chi connectivity index (χ1) is 10.2. The standard InChI is InChI=1S/C15H18N2O2S2/c1-3-19-13-6-4-11(5-7-13)8-14(18)17-15-16-12(9-20-2)10-21-15/h4-7,10H,3,8-9H2,1-2H3,(H,16,17,18). The largest absolute Gasteiger partial charge is 0.494 e. The molecule has 0 fully saturated rings. The molecular weight excluding hydrogens is 304 g/mol. The average Bonchev–Trinajstić information content (AvgIpc) is 2.89. The van der Waals surface area contributed by atoms with Gasteiger partial charge in [-0.1, -0.05) is 12.1 Å². The number of anilines is 1. The third kappa shape index (κ3) is 5.06. The van der Waals surface area contributed by atoms with E-state index in [4.69, 9.17) is 4.74 Å². The fraction of sp³-hybridized carbons (Fsp3) is 0.333. The molecule has 21 heavy (non-hydrogen) atoms. The molecule has 0 saturated heterocycles. The van der Waals surface area contributed by atoms with Gasteiger partial charge in [-0.05, 0) is 30.9 Å². The summed E-state index contributed by atoms with van der Waals surface area (Å²) in [4.78, 5) is 16.3. The van der Waals surface area contributed by atoms with Crippen LogP contribution in [0.4, 0.5) is 5.13 Å². The molecule has 0 bridgehead atoms. The van der Waals surface area contributed by atoms with Gasteiger partial charge in [0, 0.05) is 11.1 Å². The number of aromatic nitrogens is 1. The molecule has 4 nitrogen and oxygen atoms in total. The smallest absolute Gasteiger partial charge is 0.230 e. The molecule has 0 aliphatic heterocycles. The van der Waals surface area contributed by atoms with Crippen LogP contribution in [-0.2, 0) is 17.0 Å². The van der Waals surface area contributed by atoms with Gasteiger partial charge in [0.15, 0.2) is 5.13 Å². The summed E-state index contributed by atoms with van der Waals surface area (Å²) in [6.45, 7) is 2.59. The maximum absolute atomic E-state index is 12.0. The lowest BCUT2D eigenvalue weighted by Gasteiger charge is -2.05. The number of benzene rings is 1. The average molecular weight is 322 g/mol. The van der Waals surface area contributed by atoms with Crippen molar-refractivity contribution in [1.29, 1.82) is 0 Å². The number of nitrogens with one attached hydrogen (secondary N) is 1. The van der Waals surface area contributed by atoms with Crippen molar-refractivity contribution in [2.45, 2.75) is 19.1 Å². The van der Waals surface area contributed by atoms with Crippen molar-refractivity contribution in [1.82, 2.24) is 4.98 Å². The Balaban J connectivity index is 1.88. The highest BCUT2D eigenvalue weighted by atomic mass is 32.2. The highest BCUT2D eigenvalue weighted by Crippen LogP contribution is 2.19. The molecule has 0 saturated carbocycles. The van der Waals surface area contributed by atoms with Gasteiger partial charge in [-0.25, -0.2) is 4.98 Å². The van der Waals surface area contributed by atoms with Crippen LogP contribution in [0.15, 0.2) is 29.6 Å². The quantitative estimate of drug-likeness (QED) is 0.846. The molecule has 6 heteroatoms. The Morgan fingerprint density at radius 3 is 2.81 bits per heavy atom. The van der Waals surface area contributed by atoms with Crippen LogP contribution in [-0.4, -0.2) is 23.8 Å². The van der Waals surface area contributed by atoms with Gasteiger partial charge in [0.1, 0.15) is 5.75 Å². The van der Waals surface area contributed by atoms with Crippen molar-refractivity contribution in [3.05, 3.63) is 40.9 Å². The second-order valence-corrected chi connectivity index (χ2v) is 6.10. The van der Waals surface area contributed by atoms with Gasteiger partial charge in [-0.3, -0.25) is 4.79 Å². The van der Waals surface area contributed by atoms with Crippen molar-refractivity contribution >= 4 is 34.1 Å². The summed E-state index contributed by atoms with van der Waals surface area (Å²) in [5.74, 6) is 1.64. The first-order valence-electron chi connectivity index (χ1n) is 6.66. The third-order valence-corrected chi connectivity index (χ3v) is 4.08. The summed E-state index contributed by atoms with van der Waals surface area (Å²) in [6, 6.07) is 7.58. The van der Waals surface area contributed by atoms with Crippen LogP contribution in [0, 0.1) is 0 Å². The van der Waals surface area contributed by atoms with Gasteiger partial charge in [0.05, 0.1) is 18.7 Å².